The number of carbonyl (C=O) groups excluding carboxylic acids is 1. The number of alkyl halides is 3. The van der Waals surface area contributed by atoms with Gasteiger partial charge in [0.25, 0.3) is 0 Å². The van der Waals surface area contributed by atoms with Crippen LogP contribution in [0.2, 0.25) is 0 Å². The summed E-state index contributed by atoms with van der Waals surface area (Å²) in [6, 6.07) is -0.623. The van der Waals surface area contributed by atoms with Gasteiger partial charge in [-0.1, -0.05) is 19.8 Å². The maximum Gasteiger partial charge on any atom is 0.394 e. The Balaban J connectivity index is 2.02. The third-order valence-electron chi connectivity index (χ3n) is 5.93. The molecule has 2 unspecified atom stereocenters. The summed E-state index contributed by atoms with van der Waals surface area (Å²) in [4.78, 5) is 26.6. The third-order valence-corrected chi connectivity index (χ3v) is 5.93. The molecule has 1 aliphatic heterocycles. The number of amides is 2. The largest absolute Gasteiger partial charge is 0.481 e. The molecule has 4 atom stereocenters. The molecule has 26 heavy (non-hydrogen) atoms. The molecular formula is C17H28F3N3O3. The Kier molecular flexibility index (Phi) is 6.09. The number of carbonyl (C=O) groups is 2. The van der Waals surface area contributed by atoms with Crippen molar-refractivity contribution in [3.63, 3.8) is 0 Å². The smallest absolute Gasteiger partial charge is 0.394 e. The molecule has 0 aromatic carbocycles. The molecule has 2 rings (SSSR count). The van der Waals surface area contributed by atoms with Gasteiger partial charge in [-0.3, -0.25) is 4.79 Å². The van der Waals surface area contributed by atoms with Crippen molar-refractivity contribution >= 4 is 12.0 Å². The summed E-state index contributed by atoms with van der Waals surface area (Å²) in [5, 5.41) is 11.8. The number of aliphatic carboxylic acids is 1. The Labute approximate surface area is 151 Å². The van der Waals surface area contributed by atoms with Crippen LogP contribution in [-0.2, 0) is 4.79 Å². The van der Waals surface area contributed by atoms with Crippen LogP contribution >= 0.6 is 0 Å². The molecule has 0 radical (unpaired) electrons. The van der Waals surface area contributed by atoms with Crippen LogP contribution < -0.4 is 5.32 Å². The normalized spacial score (nSPS) is 32.7. The summed E-state index contributed by atoms with van der Waals surface area (Å²) in [7, 11) is 3.89. The van der Waals surface area contributed by atoms with Gasteiger partial charge in [-0.25, -0.2) is 4.79 Å². The van der Waals surface area contributed by atoms with Crippen LogP contribution in [0.15, 0.2) is 0 Å². The molecule has 0 bridgehead atoms. The monoisotopic (exact) mass is 379 g/mol. The fraction of sp³-hybridized carbons (Fsp3) is 0.882. The van der Waals surface area contributed by atoms with Gasteiger partial charge in [-0.15, -0.1) is 0 Å². The average molecular weight is 379 g/mol. The van der Waals surface area contributed by atoms with E-state index in [2.05, 4.69) is 17.1 Å². The number of carboxylic acid groups (broad SMARTS) is 1. The molecule has 9 heteroatoms. The van der Waals surface area contributed by atoms with Crippen LogP contribution in [0.4, 0.5) is 18.0 Å². The van der Waals surface area contributed by atoms with E-state index in [9.17, 15) is 22.8 Å². The van der Waals surface area contributed by atoms with E-state index in [4.69, 9.17) is 5.11 Å². The maximum atomic E-state index is 13.1. The van der Waals surface area contributed by atoms with Gasteiger partial charge >= 0.3 is 18.2 Å². The molecule has 2 aliphatic rings. The van der Waals surface area contributed by atoms with Crippen molar-refractivity contribution in [2.24, 2.45) is 17.8 Å². The minimum absolute atomic E-state index is 0.220. The summed E-state index contributed by atoms with van der Waals surface area (Å²) in [6.07, 6.45) is -0.655. The highest BCUT2D eigenvalue weighted by atomic mass is 19.4. The topological polar surface area (TPSA) is 72.9 Å². The van der Waals surface area contributed by atoms with Crippen molar-refractivity contribution in [2.75, 3.05) is 33.7 Å². The molecule has 6 nitrogen and oxygen atoms in total. The standard InChI is InChI=1S/C17H28F3N3O3/c1-11-5-4-6-16(7-11,22(2)3)10-21-15(26)23-8-12(14(24)25)13(9-23)17(18,19)20/h11-13H,4-10H2,1-3H3,(H,21,26)(H,24,25)/t11?,12-,13-,16?/m1/s1. The minimum Gasteiger partial charge on any atom is -0.481 e. The quantitative estimate of drug-likeness (QED) is 0.787. The lowest BCUT2D eigenvalue weighted by atomic mass is 9.75. The third kappa shape index (κ3) is 4.42. The first kappa shape index (κ1) is 20.8. The molecule has 0 aromatic rings. The summed E-state index contributed by atoms with van der Waals surface area (Å²) in [5.74, 6) is -4.64. The Morgan fingerprint density at radius 3 is 2.42 bits per heavy atom. The Bertz CT molecular complexity index is 541. The predicted molar refractivity (Wildman–Crippen MR) is 89.7 cm³/mol. The lowest BCUT2D eigenvalue weighted by Gasteiger charge is -2.45. The Morgan fingerprint density at radius 2 is 1.96 bits per heavy atom. The zero-order valence-corrected chi connectivity index (χ0v) is 15.5. The van der Waals surface area contributed by atoms with Crippen LogP contribution in [0.3, 0.4) is 0 Å². The molecule has 0 aromatic heterocycles. The number of hydrogen-bond acceptors (Lipinski definition) is 3. The van der Waals surface area contributed by atoms with Crippen molar-refractivity contribution in [3.8, 4) is 0 Å². The Hall–Kier alpha value is -1.51. The number of likely N-dealkylation sites (tertiary alicyclic amines) is 1. The second kappa shape index (κ2) is 7.62. The predicted octanol–water partition coefficient (Wildman–Crippen LogP) is 2.40. The fourth-order valence-corrected chi connectivity index (χ4v) is 4.26. The van der Waals surface area contributed by atoms with Crippen molar-refractivity contribution in [3.05, 3.63) is 0 Å². The summed E-state index contributed by atoms with van der Waals surface area (Å²) in [5.41, 5.74) is -0.220. The van der Waals surface area contributed by atoms with Crippen LogP contribution in [0.25, 0.3) is 0 Å². The number of carboxylic acids is 1. The lowest BCUT2D eigenvalue weighted by Crippen LogP contribution is -2.56. The minimum atomic E-state index is -4.64. The molecule has 1 saturated carbocycles. The van der Waals surface area contributed by atoms with Crippen LogP contribution in [0.1, 0.15) is 32.6 Å². The second-order valence-corrected chi connectivity index (χ2v) is 7.98. The lowest BCUT2D eigenvalue weighted by molar-refractivity contribution is -0.187. The highest BCUT2D eigenvalue weighted by molar-refractivity contribution is 5.77. The number of hydrogen-bond donors (Lipinski definition) is 2. The summed E-state index contributed by atoms with van der Waals surface area (Å²) >= 11 is 0. The number of nitrogens with one attached hydrogen (secondary N) is 1. The molecule has 2 amide bonds. The van der Waals surface area contributed by atoms with Gasteiger partial charge < -0.3 is 20.2 Å². The fourth-order valence-electron chi connectivity index (χ4n) is 4.26. The molecule has 1 saturated heterocycles. The SMILES string of the molecule is CC1CCCC(CNC(=O)N2C[C@@H](C(F)(F)F)[C@H](C(=O)O)C2)(N(C)C)C1. The van der Waals surface area contributed by atoms with E-state index in [0.717, 1.165) is 30.6 Å². The summed E-state index contributed by atoms with van der Waals surface area (Å²) in [6.45, 7) is 1.47. The van der Waals surface area contributed by atoms with E-state index in [-0.39, 0.29) is 5.54 Å². The van der Waals surface area contributed by atoms with Gasteiger partial charge in [0, 0.05) is 25.2 Å². The molecule has 2 fully saturated rings. The molecular weight excluding hydrogens is 351 g/mol. The summed E-state index contributed by atoms with van der Waals surface area (Å²) < 4.78 is 39.2. The van der Waals surface area contributed by atoms with E-state index < -0.39 is 43.1 Å². The van der Waals surface area contributed by atoms with Crippen LogP contribution in [0.5, 0.6) is 0 Å². The molecule has 0 spiro atoms. The average Bonchev–Trinajstić information content (AvgIpc) is 2.98. The van der Waals surface area contributed by atoms with E-state index in [0.29, 0.717) is 12.5 Å². The first-order valence-corrected chi connectivity index (χ1v) is 8.96. The highest BCUT2D eigenvalue weighted by Gasteiger charge is 2.53. The van der Waals surface area contributed by atoms with Crippen LogP contribution in [-0.4, -0.2) is 72.4 Å². The van der Waals surface area contributed by atoms with Crippen molar-refractivity contribution < 1.29 is 27.9 Å². The van der Waals surface area contributed by atoms with Gasteiger partial charge in [0.1, 0.15) is 0 Å². The van der Waals surface area contributed by atoms with E-state index in [1.165, 1.54) is 0 Å². The van der Waals surface area contributed by atoms with Gasteiger partial charge in [0.15, 0.2) is 0 Å². The molecule has 1 heterocycles. The molecule has 2 N–H and O–H groups in total. The van der Waals surface area contributed by atoms with Gasteiger partial charge in [0.05, 0.1) is 11.8 Å². The molecule has 1 aliphatic carbocycles. The number of rotatable bonds is 4. The molecule has 150 valence electrons. The zero-order chi connectivity index (χ0) is 19.7. The second-order valence-electron chi connectivity index (χ2n) is 7.98. The number of halogens is 3. The van der Waals surface area contributed by atoms with Gasteiger partial charge in [-0.2, -0.15) is 13.2 Å². The number of nitrogens with zero attached hydrogens (tertiary/aromatic N) is 2. The number of urea groups is 1. The number of likely N-dealkylation sites (N-methyl/N-ethyl adjacent to an activating group) is 1. The highest BCUT2D eigenvalue weighted by Crippen LogP contribution is 2.38. The van der Waals surface area contributed by atoms with Crippen molar-refractivity contribution in [1.29, 1.82) is 0 Å². The van der Waals surface area contributed by atoms with Crippen LogP contribution in [0, 0.1) is 17.8 Å². The zero-order valence-electron chi connectivity index (χ0n) is 15.5. The van der Waals surface area contributed by atoms with Gasteiger partial charge in [0.2, 0.25) is 0 Å². The first-order valence-electron chi connectivity index (χ1n) is 8.96. The van der Waals surface area contributed by atoms with Crippen molar-refractivity contribution in [2.45, 2.75) is 44.3 Å². The van der Waals surface area contributed by atoms with E-state index >= 15 is 0 Å². The first-order chi connectivity index (χ1) is 12.0. The Morgan fingerprint density at radius 1 is 1.31 bits per heavy atom. The maximum absolute atomic E-state index is 13.1. The van der Waals surface area contributed by atoms with Crippen molar-refractivity contribution in [1.82, 2.24) is 15.1 Å². The van der Waals surface area contributed by atoms with E-state index in [1.807, 2.05) is 14.1 Å². The van der Waals surface area contributed by atoms with E-state index in [1.54, 1.807) is 0 Å². The van der Waals surface area contributed by atoms with Gasteiger partial charge in [-0.05, 0) is 32.9 Å².